The molecule has 0 radical (unpaired) electrons. The number of benzene rings is 1. The second kappa shape index (κ2) is 5.22. The van der Waals surface area contributed by atoms with Gasteiger partial charge in [-0.1, -0.05) is 17.7 Å². The van der Waals surface area contributed by atoms with Crippen molar-refractivity contribution < 1.29 is 9.53 Å². The molecular weight excluding hydrogens is 176 g/mol. The summed E-state index contributed by atoms with van der Waals surface area (Å²) in [6.45, 7) is 6.11. The van der Waals surface area contributed by atoms with Crippen LogP contribution in [-0.4, -0.2) is 12.9 Å². The van der Waals surface area contributed by atoms with Gasteiger partial charge in [0.25, 0.3) is 0 Å². The van der Waals surface area contributed by atoms with Crippen LogP contribution in [-0.2, 0) is 0 Å². The van der Waals surface area contributed by atoms with E-state index in [1.54, 1.807) is 6.08 Å². The molecule has 0 unspecified atom stereocenters. The van der Waals surface area contributed by atoms with E-state index in [0.717, 1.165) is 18.3 Å². The molecule has 1 aromatic rings. The average molecular weight is 190 g/mol. The van der Waals surface area contributed by atoms with Crippen molar-refractivity contribution in [2.24, 2.45) is 0 Å². The zero-order valence-electron chi connectivity index (χ0n) is 8.32. The van der Waals surface area contributed by atoms with Gasteiger partial charge < -0.3 is 4.74 Å². The van der Waals surface area contributed by atoms with Crippen molar-refractivity contribution in [3.05, 3.63) is 42.0 Å². The average Bonchev–Trinajstić information content (AvgIpc) is 2.20. The van der Waals surface area contributed by atoms with Gasteiger partial charge in [0.2, 0.25) is 0 Å². The molecule has 0 aliphatic heterocycles. The van der Waals surface area contributed by atoms with Crippen molar-refractivity contribution in [3.63, 3.8) is 0 Å². The highest BCUT2D eigenvalue weighted by Crippen LogP contribution is 2.18. The molecular formula is C12H14O2. The molecule has 2 heteroatoms. The molecule has 0 aliphatic rings. The highest BCUT2D eigenvalue weighted by atomic mass is 16.5. The fourth-order valence-corrected chi connectivity index (χ4v) is 1.14. The molecule has 1 rings (SSSR count). The second-order valence-corrected chi connectivity index (χ2v) is 3.08. The quantitative estimate of drug-likeness (QED) is 0.405. The lowest BCUT2D eigenvalue weighted by Gasteiger charge is -2.07. The highest BCUT2D eigenvalue weighted by Gasteiger charge is 2.01. The lowest BCUT2D eigenvalue weighted by atomic mass is 10.1. The number of rotatable bonds is 5. The fourth-order valence-electron chi connectivity index (χ4n) is 1.14. The molecule has 0 fully saturated rings. The van der Waals surface area contributed by atoms with Crippen molar-refractivity contribution in [2.75, 3.05) is 6.61 Å². The largest absolute Gasteiger partial charge is 0.493 e. The molecule has 0 bridgehead atoms. The summed E-state index contributed by atoms with van der Waals surface area (Å²) >= 11 is 0. The third kappa shape index (κ3) is 2.73. The Morgan fingerprint density at radius 1 is 1.50 bits per heavy atom. The van der Waals surface area contributed by atoms with E-state index >= 15 is 0 Å². The summed E-state index contributed by atoms with van der Waals surface area (Å²) in [7, 11) is 0. The highest BCUT2D eigenvalue weighted by molar-refractivity contribution is 5.79. The van der Waals surface area contributed by atoms with E-state index in [0.29, 0.717) is 17.9 Å². The van der Waals surface area contributed by atoms with Crippen LogP contribution in [0.5, 0.6) is 5.75 Å². The molecule has 0 saturated heterocycles. The van der Waals surface area contributed by atoms with Gasteiger partial charge in [0.05, 0.1) is 12.2 Å². The van der Waals surface area contributed by atoms with Crippen molar-refractivity contribution >= 4 is 6.29 Å². The van der Waals surface area contributed by atoms with Crippen LogP contribution in [0.3, 0.4) is 0 Å². The normalized spacial score (nSPS) is 9.50. The van der Waals surface area contributed by atoms with Gasteiger partial charge in [-0.25, -0.2) is 0 Å². The van der Waals surface area contributed by atoms with E-state index in [1.165, 1.54) is 0 Å². The molecule has 0 amide bonds. The van der Waals surface area contributed by atoms with Gasteiger partial charge in [-0.15, -0.1) is 6.58 Å². The lowest BCUT2D eigenvalue weighted by Crippen LogP contribution is -1.98. The van der Waals surface area contributed by atoms with Gasteiger partial charge in [0.1, 0.15) is 5.75 Å². The van der Waals surface area contributed by atoms with Crippen LogP contribution in [0.15, 0.2) is 30.9 Å². The fraction of sp³-hybridized carbons (Fsp3) is 0.250. The minimum atomic E-state index is 0.563. The molecule has 2 nitrogen and oxygen atoms in total. The number of aryl methyl sites for hydroxylation is 1. The van der Waals surface area contributed by atoms with E-state index in [2.05, 4.69) is 6.58 Å². The van der Waals surface area contributed by atoms with Crippen molar-refractivity contribution in [2.45, 2.75) is 13.3 Å². The first-order valence-corrected chi connectivity index (χ1v) is 4.57. The molecule has 0 N–H and O–H groups in total. The summed E-state index contributed by atoms with van der Waals surface area (Å²) in [5.74, 6) is 0.646. The maximum absolute atomic E-state index is 10.7. The Balaban J connectivity index is 2.74. The van der Waals surface area contributed by atoms with Gasteiger partial charge in [0, 0.05) is 0 Å². The molecule has 0 saturated carbocycles. The van der Waals surface area contributed by atoms with E-state index in [4.69, 9.17) is 4.74 Å². The minimum Gasteiger partial charge on any atom is -0.493 e. The van der Waals surface area contributed by atoms with Gasteiger partial charge >= 0.3 is 0 Å². The van der Waals surface area contributed by atoms with E-state index in [9.17, 15) is 4.79 Å². The summed E-state index contributed by atoms with van der Waals surface area (Å²) in [5.41, 5.74) is 1.66. The predicted octanol–water partition coefficient (Wildman–Crippen LogP) is 2.76. The Hall–Kier alpha value is -1.57. The topological polar surface area (TPSA) is 26.3 Å². The minimum absolute atomic E-state index is 0.563. The molecule has 0 atom stereocenters. The summed E-state index contributed by atoms with van der Waals surface area (Å²) in [4.78, 5) is 10.7. The van der Waals surface area contributed by atoms with Crippen LogP contribution in [0.25, 0.3) is 0 Å². The van der Waals surface area contributed by atoms with Crippen LogP contribution in [0.1, 0.15) is 22.3 Å². The number of carbonyl (C=O) groups is 1. The predicted molar refractivity (Wildman–Crippen MR) is 56.9 cm³/mol. The van der Waals surface area contributed by atoms with Gasteiger partial charge in [-0.05, 0) is 25.5 Å². The first kappa shape index (κ1) is 10.5. The maximum atomic E-state index is 10.7. The van der Waals surface area contributed by atoms with Crippen molar-refractivity contribution in [3.8, 4) is 5.75 Å². The van der Waals surface area contributed by atoms with Crippen LogP contribution in [0, 0.1) is 6.92 Å². The van der Waals surface area contributed by atoms with Crippen LogP contribution in [0.4, 0.5) is 0 Å². The summed E-state index contributed by atoms with van der Waals surface area (Å²) in [6, 6.07) is 5.56. The van der Waals surface area contributed by atoms with Crippen LogP contribution < -0.4 is 4.74 Å². The smallest absolute Gasteiger partial charge is 0.153 e. The van der Waals surface area contributed by atoms with E-state index in [-0.39, 0.29) is 0 Å². The van der Waals surface area contributed by atoms with Gasteiger partial charge in [-0.2, -0.15) is 0 Å². The van der Waals surface area contributed by atoms with E-state index in [1.807, 2.05) is 25.1 Å². The Morgan fingerprint density at radius 3 is 2.93 bits per heavy atom. The first-order valence-electron chi connectivity index (χ1n) is 4.57. The third-order valence-corrected chi connectivity index (χ3v) is 1.87. The van der Waals surface area contributed by atoms with E-state index < -0.39 is 0 Å². The number of aldehydes is 1. The second-order valence-electron chi connectivity index (χ2n) is 3.08. The molecule has 0 aliphatic carbocycles. The number of hydrogen-bond donors (Lipinski definition) is 0. The Labute approximate surface area is 84.2 Å². The number of ether oxygens (including phenoxy) is 1. The van der Waals surface area contributed by atoms with Gasteiger partial charge in [-0.3, -0.25) is 4.79 Å². The standard InChI is InChI=1S/C12H14O2/c1-3-4-7-14-12-6-5-10(2)8-11(12)9-13/h3,5-6,8-9H,1,4,7H2,2H3. The molecule has 0 aromatic heterocycles. The van der Waals surface area contributed by atoms with Gasteiger partial charge in [0.15, 0.2) is 6.29 Å². The molecule has 74 valence electrons. The van der Waals surface area contributed by atoms with Crippen LogP contribution in [0.2, 0.25) is 0 Å². The molecule has 0 spiro atoms. The summed E-state index contributed by atoms with van der Waals surface area (Å²) in [6.07, 6.45) is 3.39. The lowest BCUT2D eigenvalue weighted by molar-refractivity contribution is 0.111. The SMILES string of the molecule is C=CCCOc1ccc(C)cc1C=O. The zero-order chi connectivity index (χ0) is 10.4. The Morgan fingerprint density at radius 2 is 2.29 bits per heavy atom. The number of hydrogen-bond acceptors (Lipinski definition) is 2. The van der Waals surface area contributed by atoms with Crippen molar-refractivity contribution in [1.82, 2.24) is 0 Å². The summed E-state index contributed by atoms with van der Waals surface area (Å²) < 4.78 is 5.42. The molecule has 0 heterocycles. The zero-order valence-corrected chi connectivity index (χ0v) is 8.32. The molecule has 1 aromatic carbocycles. The first-order chi connectivity index (χ1) is 6.77. The number of carbonyl (C=O) groups excluding carboxylic acids is 1. The Bertz CT molecular complexity index is 329. The van der Waals surface area contributed by atoms with Crippen LogP contribution >= 0.6 is 0 Å². The third-order valence-electron chi connectivity index (χ3n) is 1.87. The molecule has 14 heavy (non-hydrogen) atoms. The maximum Gasteiger partial charge on any atom is 0.153 e. The monoisotopic (exact) mass is 190 g/mol. The Kier molecular flexibility index (Phi) is 3.92. The summed E-state index contributed by atoms with van der Waals surface area (Å²) in [5, 5.41) is 0. The van der Waals surface area contributed by atoms with Crippen molar-refractivity contribution in [1.29, 1.82) is 0 Å².